The van der Waals surface area contributed by atoms with Crippen LogP contribution in [0.1, 0.15) is 32.3 Å². The molecular formula is C17H27N3O. The van der Waals surface area contributed by atoms with Gasteiger partial charge in [-0.3, -0.25) is 4.90 Å². The molecule has 1 saturated heterocycles. The van der Waals surface area contributed by atoms with Crippen LogP contribution in [0.25, 0.3) is 0 Å². The van der Waals surface area contributed by atoms with Crippen LogP contribution in [0.4, 0.5) is 10.5 Å². The van der Waals surface area contributed by atoms with Gasteiger partial charge in [-0.25, -0.2) is 4.79 Å². The lowest BCUT2D eigenvalue weighted by Crippen LogP contribution is -2.50. The molecule has 0 radical (unpaired) electrons. The van der Waals surface area contributed by atoms with Gasteiger partial charge in [0.25, 0.3) is 0 Å². The molecule has 2 amide bonds. The molecular weight excluding hydrogens is 262 g/mol. The molecule has 1 heterocycles. The van der Waals surface area contributed by atoms with Crippen molar-refractivity contribution in [1.29, 1.82) is 0 Å². The molecule has 1 fully saturated rings. The molecule has 4 nitrogen and oxygen atoms in total. The zero-order valence-electron chi connectivity index (χ0n) is 13.3. The number of urea groups is 1. The second kappa shape index (κ2) is 8.03. The van der Waals surface area contributed by atoms with Crippen molar-refractivity contribution < 1.29 is 4.79 Å². The van der Waals surface area contributed by atoms with Crippen LogP contribution < -0.4 is 5.32 Å². The van der Waals surface area contributed by atoms with Crippen LogP contribution in [-0.4, -0.2) is 48.6 Å². The van der Waals surface area contributed by atoms with E-state index in [0.717, 1.165) is 44.8 Å². The van der Waals surface area contributed by atoms with Crippen LogP contribution in [-0.2, 0) is 6.42 Å². The number of benzene rings is 1. The molecule has 1 aliphatic rings. The Kier molecular flexibility index (Phi) is 6.05. The Morgan fingerprint density at radius 2 is 1.86 bits per heavy atom. The van der Waals surface area contributed by atoms with Crippen molar-refractivity contribution in [3.05, 3.63) is 29.8 Å². The molecule has 4 heteroatoms. The highest BCUT2D eigenvalue weighted by Crippen LogP contribution is 2.16. The minimum Gasteiger partial charge on any atom is -0.322 e. The largest absolute Gasteiger partial charge is 0.322 e. The fourth-order valence-electron chi connectivity index (χ4n) is 2.70. The molecule has 21 heavy (non-hydrogen) atoms. The number of nitrogens with one attached hydrogen (secondary N) is 1. The van der Waals surface area contributed by atoms with Crippen molar-refractivity contribution >= 4 is 11.7 Å². The van der Waals surface area contributed by atoms with E-state index in [2.05, 4.69) is 30.1 Å². The van der Waals surface area contributed by atoms with E-state index in [1.807, 2.05) is 23.1 Å². The van der Waals surface area contributed by atoms with E-state index in [0.29, 0.717) is 0 Å². The van der Waals surface area contributed by atoms with E-state index in [9.17, 15) is 4.79 Å². The standard InChI is InChI=1S/C17H27N3O/c1-3-5-10-19-11-13-20(14-12-19)17(21)18-16-9-7-6-8-15(16)4-2/h6-9H,3-5,10-14H2,1-2H3,(H,18,21). The molecule has 0 aliphatic carbocycles. The van der Waals surface area contributed by atoms with Crippen molar-refractivity contribution in [2.24, 2.45) is 0 Å². The smallest absolute Gasteiger partial charge is 0.321 e. The number of piperazine rings is 1. The fourth-order valence-corrected chi connectivity index (χ4v) is 2.70. The number of amides is 2. The molecule has 0 unspecified atom stereocenters. The Hall–Kier alpha value is -1.55. The fraction of sp³-hybridized carbons (Fsp3) is 0.588. The number of carbonyl (C=O) groups excluding carboxylic acids is 1. The molecule has 0 bridgehead atoms. The minimum absolute atomic E-state index is 0.0334. The molecule has 1 aromatic carbocycles. The van der Waals surface area contributed by atoms with E-state index in [1.165, 1.54) is 18.4 Å². The Morgan fingerprint density at radius 3 is 2.52 bits per heavy atom. The van der Waals surface area contributed by atoms with Crippen LogP contribution in [0.3, 0.4) is 0 Å². The third-order valence-corrected chi connectivity index (χ3v) is 4.13. The number of anilines is 1. The number of nitrogens with zero attached hydrogens (tertiary/aromatic N) is 2. The quantitative estimate of drug-likeness (QED) is 0.903. The highest BCUT2D eigenvalue weighted by molar-refractivity contribution is 5.90. The van der Waals surface area contributed by atoms with E-state index in [1.54, 1.807) is 0 Å². The van der Waals surface area contributed by atoms with Gasteiger partial charge < -0.3 is 10.2 Å². The highest BCUT2D eigenvalue weighted by atomic mass is 16.2. The number of unbranched alkanes of at least 4 members (excludes halogenated alkanes) is 1. The van der Waals surface area contributed by atoms with Crippen molar-refractivity contribution in [3.63, 3.8) is 0 Å². The maximum absolute atomic E-state index is 12.4. The number of aryl methyl sites for hydroxylation is 1. The lowest BCUT2D eigenvalue weighted by molar-refractivity contribution is 0.146. The molecule has 1 aliphatic heterocycles. The normalized spacial score (nSPS) is 16.0. The predicted octanol–water partition coefficient (Wildman–Crippen LogP) is 3.20. The van der Waals surface area contributed by atoms with Gasteiger partial charge in [0.2, 0.25) is 0 Å². The number of hydrogen-bond donors (Lipinski definition) is 1. The summed E-state index contributed by atoms with van der Waals surface area (Å²) < 4.78 is 0. The third-order valence-electron chi connectivity index (χ3n) is 4.13. The first-order valence-corrected chi connectivity index (χ1v) is 8.10. The van der Waals surface area contributed by atoms with Crippen LogP contribution in [0.5, 0.6) is 0 Å². The van der Waals surface area contributed by atoms with E-state index in [4.69, 9.17) is 0 Å². The maximum atomic E-state index is 12.4. The van der Waals surface area contributed by atoms with Gasteiger partial charge in [0, 0.05) is 31.9 Å². The van der Waals surface area contributed by atoms with Crippen LogP contribution in [0.15, 0.2) is 24.3 Å². The Labute approximate surface area is 128 Å². The molecule has 2 rings (SSSR count). The van der Waals surface area contributed by atoms with E-state index >= 15 is 0 Å². The van der Waals surface area contributed by atoms with Crippen LogP contribution in [0, 0.1) is 0 Å². The second-order valence-corrected chi connectivity index (χ2v) is 5.62. The molecule has 1 aromatic rings. The topological polar surface area (TPSA) is 35.6 Å². The third kappa shape index (κ3) is 4.46. The molecule has 0 atom stereocenters. The van der Waals surface area contributed by atoms with Gasteiger partial charge in [-0.2, -0.15) is 0 Å². The van der Waals surface area contributed by atoms with Crippen molar-refractivity contribution in [2.45, 2.75) is 33.1 Å². The molecule has 116 valence electrons. The summed E-state index contributed by atoms with van der Waals surface area (Å²) in [5.74, 6) is 0. The first kappa shape index (κ1) is 15.8. The first-order valence-electron chi connectivity index (χ1n) is 8.10. The number of hydrogen-bond acceptors (Lipinski definition) is 2. The van der Waals surface area contributed by atoms with Gasteiger partial charge in [-0.15, -0.1) is 0 Å². The van der Waals surface area contributed by atoms with Crippen LogP contribution >= 0.6 is 0 Å². The van der Waals surface area contributed by atoms with Gasteiger partial charge in [0.1, 0.15) is 0 Å². The summed E-state index contributed by atoms with van der Waals surface area (Å²) in [6, 6.07) is 8.07. The van der Waals surface area contributed by atoms with Crippen molar-refractivity contribution in [2.75, 3.05) is 38.0 Å². The Balaban J connectivity index is 1.85. The molecule has 0 aromatic heterocycles. The SMILES string of the molecule is CCCCN1CCN(C(=O)Nc2ccccc2CC)CC1. The van der Waals surface area contributed by atoms with Crippen LogP contribution in [0.2, 0.25) is 0 Å². The molecule has 1 N–H and O–H groups in total. The van der Waals surface area contributed by atoms with Gasteiger partial charge >= 0.3 is 6.03 Å². The monoisotopic (exact) mass is 289 g/mol. The van der Waals surface area contributed by atoms with Gasteiger partial charge in [-0.05, 0) is 31.0 Å². The maximum Gasteiger partial charge on any atom is 0.321 e. The lowest BCUT2D eigenvalue weighted by atomic mass is 10.1. The minimum atomic E-state index is 0.0334. The summed E-state index contributed by atoms with van der Waals surface area (Å²) in [6.45, 7) is 9.11. The Bertz CT molecular complexity index is 453. The average molecular weight is 289 g/mol. The summed E-state index contributed by atoms with van der Waals surface area (Å²) in [5.41, 5.74) is 2.13. The Morgan fingerprint density at radius 1 is 1.14 bits per heavy atom. The average Bonchev–Trinajstić information content (AvgIpc) is 2.54. The van der Waals surface area contributed by atoms with E-state index < -0.39 is 0 Å². The lowest BCUT2D eigenvalue weighted by Gasteiger charge is -2.34. The molecule has 0 saturated carbocycles. The van der Waals surface area contributed by atoms with E-state index in [-0.39, 0.29) is 6.03 Å². The summed E-state index contributed by atoms with van der Waals surface area (Å²) in [5, 5.41) is 3.06. The summed E-state index contributed by atoms with van der Waals surface area (Å²) in [7, 11) is 0. The zero-order chi connectivity index (χ0) is 15.1. The predicted molar refractivity (Wildman–Crippen MR) is 87.8 cm³/mol. The molecule has 0 spiro atoms. The summed E-state index contributed by atoms with van der Waals surface area (Å²) in [4.78, 5) is 16.7. The second-order valence-electron chi connectivity index (χ2n) is 5.62. The van der Waals surface area contributed by atoms with Gasteiger partial charge in [-0.1, -0.05) is 38.5 Å². The van der Waals surface area contributed by atoms with Crippen molar-refractivity contribution in [3.8, 4) is 0 Å². The van der Waals surface area contributed by atoms with Crippen molar-refractivity contribution in [1.82, 2.24) is 9.80 Å². The summed E-state index contributed by atoms with van der Waals surface area (Å²) in [6.07, 6.45) is 3.41. The number of rotatable bonds is 5. The number of carbonyl (C=O) groups is 1. The zero-order valence-corrected chi connectivity index (χ0v) is 13.3. The van der Waals surface area contributed by atoms with Gasteiger partial charge in [0.15, 0.2) is 0 Å². The highest BCUT2D eigenvalue weighted by Gasteiger charge is 2.20. The number of para-hydroxylation sites is 1. The van der Waals surface area contributed by atoms with Gasteiger partial charge in [0.05, 0.1) is 0 Å². The first-order chi connectivity index (χ1) is 10.2. The summed E-state index contributed by atoms with van der Waals surface area (Å²) >= 11 is 0.